The van der Waals surface area contributed by atoms with Crippen LogP contribution in [0.4, 0.5) is 18.9 Å². The number of aliphatic hydroxyl groups is 3. The third-order valence-electron chi connectivity index (χ3n) is 8.94. The normalized spacial score (nSPS) is 33.2. The molecule has 1 amide bonds. The molecular formula is C28H31ClF3NO7S. The van der Waals surface area contributed by atoms with Crippen molar-refractivity contribution >= 4 is 33.0 Å². The fourth-order valence-electron chi connectivity index (χ4n) is 6.73. The Bertz CT molecular complexity index is 1430. The predicted octanol–water partition coefficient (Wildman–Crippen LogP) is 3.85. The number of anilines is 1. The first-order valence-corrected chi connectivity index (χ1v) is 15.3. The van der Waals surface area contributed by atoms with Crippen LogP contribution in [0.15, 0.2) is 35.2 Å². The van der Waals surface area contributed by atoms with E-state index in [1.54, 1.807) is 0 Å². The van der Waals surface area contributed by atoms with Crippen LogP contribution >= 0.6 is 11.6 Å². The number of carbonyl (C=O) groups excluding carboxylic acids is 1. The standard InChI is InChI=1S/C28H31ClF3NO7S/c1-13-4-15-6-18(11-19(13)28(15,37)12-40-17-9-23(34)24(35)10-17)41(38,39)25-5-14(2-3-20(25)29)27(36)33-16-7-21(30)26(32)22(31)8-16/h2-3,5,7-8,13,15,17-19,23-24,34-35,37H,4,6,9-12H2,1H3,(H,33,36)/t13-,15?,17-,18?,19?,23+,24-,28+/m0/s1. The van der Waals surface area contributed by atoms with Crippen LogP contribution in [0, 0.1) is 35.2 Å². The molecule has 8 atom stereocenters. The van der Waals surface area contributed by atoms with Crippen molar-refractivity contribution in [1.29, 1.82) is 0 Å². The fourth-order valence-corrected chi connectivity index (χ4v) is 9.11. The molecule has 41 heavy (non-hydrogen) atoms. The summed E-state index contributed by atoms with van der Waals surface area (Å²) in [6, 6.07) is 4.79. The van der Waals surface area contributed by atoms with Crippen LogP contribution in [-0.2, 0) is 14.6 Å². The van der Waals surface area contributed by atoms with Gasteiger partial charge in [0.1, 0.15) is 0 Å². The zero-order valence-electron chi connectivity index (χ0n) is 22.1. The van der Waals surface area contributed by atoms with Crippen LogP contribution < -0.4 is 5.32 Å². The van der Waals surface area contributed by atoms with E-state index in [-0.39, 0.29) is 65.3 Å². The van der Waals surface area contributed by atoms with Crippen molar-refractivity contribution in [1.82, 2.24) is 0 Å². The molecule has 3 fully saturated rings. The van der Waals surface area contributed by atoms with Gasteiger partial charge in [-0.1, -0.05) is 18.5 Å². The quantitative estimate of drug-likeness (QED) is 0.347. The number of hydrogen-bond donors (Lipinski definition) is 4. The van der Waals surface area contributed by atoms with E-state index < -0.39 is 68.3 Å². The van der Waals surface area contributed by atoms with Crippen molar-refractivity contribution in [2.75, 3.05) is 11.9 Å². The molecule has 13 heteroatoms. The lowest BCUT2D eigenvalue weighted by Crippen LogP contribution is -2.52. The maximum Gasteiger partial charge on any atom is 0.255 e. The van der Waals surface area contributed by atoms with Crippen LogP contribution in [0.2, 0.25) is 5.02 Å². The van der Waals surface area contributed by atoms with Crippen molar-refractivity contribution in [3.63, 3.8) is 0 Å². The Hall–Kier alpha value is -2.22. The highest BCUT2D eigenvalue weighted by molar-refractivity contribution is 7.92. The smallest absolute Gasteiger partial charge is 0.255 e. The number of aliphatic hydroxyl groups excluding tert-OH is 2. The SMILES string of the molecule is C[C@H]1CC2CC(S(=O)(=O)c3cc(C(=O)Nc4cc(F)c(F)c(F)c4)ccc3Cl)CC1[C@@]2(O)CO[C@H]1C[C@@H](O)[C@@H](O)C1. The van der Waals surface area contributed by atoms with E-state index in [0.29, 0.717) is 18.6 Å². The third kappa shape index (κ3) is 5.62. The molecule has 3 aliphatic rings. The van der Waals surface area contributed by atoms with Gasteiger partial charge in [0.25, 0.3) is 5.91 Å². The van der Waals surface area contributed by atoms with Gasteiger partial charge in [-0.05, 0) is 55.2 Å². The molecule has 3 unspecified atom stereocenters. The molecule has 5 rings (SSSR count). The van der Waals surface area contributed by atoms with Crippen LogP contribution in [0.1, 0.15) is 49.4 Å². The summed E-state index contributed by atoms with van der Waals surface area (Å²) >= 11 is 6.28. The number of fused-ring (bicyclic) bond motifs is 2. The summed E-state index contributed by atoms with van der Waals surface area (Å²) in [6.45, 7) is 1.91. The number of hydrogen-bond acceptors (Lipinski definition) is 7. The molecule has 0 radical (unpaired) electrons. The second kappa shape index (κ2) is 11.1. The second-order valence-corrected chi connectivity index (χ2v) is 14.1. The second-order valence-electron chi connectivity index (χ2n) is 11.5. The van der Waals surface area contributed by atoms with Gasteiger partial charge in [-0.2, -0.15) is 0 Å². The van der Waals surface area contributed by atoms with E-state index in [4.69, 9.17) is 16.3 Å². The summed E-state index contributed by atoms with van der Waals surface area (Å²) in [5, 5.41) is 32.5. The van der Waals surface area contributed by atoms with E-state index >= 15 is 0 Å². The maximum absolute atomic E-state index is 13.8. The molecule has 0 heterocycles. The van der Waals surface area contributed by atoms with E-state index in [2.05, 4.69) is 5.32 Å². The molecule has 2 aromatic rings. The van der Waals surface area contributed by atoms with Gasteiger partial charge in [0.2, 0.25) is 0 Å². The Morgan fingerprint density at radius 2 is 1.68 bits per heavy atom. The number of sulfone groups is 1. The van der Waals surface area contributed by atoms with Crippen molar-refractivity contribution in [2.24, 2.45) is 17.8 Å². The molecule has 0 aromatic heterocycles. The number of rotatable bonds is 7. The van der Waals surface area contributed by atoms with Gasteiger partial charge in [-0.3, -0.25) is 4.79 Å². The molecule has 0 aliphatic heterocycles. The van der Waals surface area contributed by atoms with Crippen molar-refractivity contribution in [3.8, 4) is 0 Å². The lowest BCUT2D eigenvalue weighted by molar-refractivity contribution is -0.133. The van der Waals surface area contributed by atoms with Crippen molar-refractivity contribution < 1.29 is 46.4 Å². The lowest BCUT2D eigenvalue weighted by atomic mass is 9.73. The summed E-state index contributed by atoms with van der Waals surface area (Å²) < 4.78 is 73.9. The molecule has 3 aliphatic carbocycles. The first kappa shape index (κ1) is 30.2. The summed E-state index contributed by atoms with van der Waals surface area (Å²) in [5.74, 6) is -6.33. The van der Waals surface area contributed by atoms with E-state index in [9.17, 15) is 41.7 Å². The zero-order chi connectivity index (χ0) is 29.9. The molecule has 0 spiro atoms. The molecule has 4 N–H and O–H groups in total. The van der Waals surface area contributed by atoms with Crippen LogP contribution in [0.25, 0.3) is 0 Å². The highest BCUT2D eigenvalue weighted by Crippen LogP contribution is 2.55. The average molecular weight is 618 g/mol. The topological polar surface area (TPSA) is 133 Å². The Balaban J connectivity index is 1.33. The lowest BCUT2D eigenvalue weighted by Gasteiger charge is -2.43. The van der Waals surface area contributed by atoms with E-state index in [0.717, 1.165) is 6.07 Å². The van der Waals surface area contributed by atoms with Gasteiger partial charge >= 0.3 is 0 Å². The van der Waals surface area contributed by atoms with Crippen LogP contribution in [-0.4, -0.2) is 65.4 Å². The maximum atomic E-state index is 13.8. The summed E-state index contributed by atoms with van der Waals surface area (Å²) in [5.41, 5.74) is -1.77. The first-order valence-electron chi connectivity index (χ1n) is 13.4. The van der Waals surface area contributed by atoms with Gasteiger partial charge in [-0.25, -0.2) is 21.6 Å². The van der Waals surface area contributed by atoms with Gasteiger partial charge in [0, 0.05) is 36.2 Å². The number of ether oxygens (including phenoxy) is 1. The molecule has 0 saturated heterocycles. The number of carbonyl (C=O) groups is 1. The molecule has 2 aromatic carbocycles. The minimum absolute atomic E-state index is 0.0117. The zero-order valence-corrected chi connectivity index (χ0v) is 23.6. The van der Waals surface area contributed by atoms with E-state index in [1.807, 2.05) is 6.92 Å². The molecule has 3 saturated carbocycles. The van der Waals surface area contributed by atoms with Gasteiger partial charge in [0.05, 0.1) is 45.7 Å². The molecule has 224 valence electrons. The minimum Gasteiger partial charge on any atom is -0.390 e. The van der Waals surface area contributed by atoms with Crippen LogP contribution in [0.3, 0.4) is 0 Å². The highest BCUT2D eigenvalue weighted by Gasteiger charge is 2.59. The summed E-state index contributed by atoms with van der Waals surface area (Å²) in [7, 11) is -4.08. The van der Waals surface area contributed by atoms with Crippen LogP contribution in [0.5, 0.6) is 0 Å². The van der Waals surface area contributed by atoms with Gasteiger partial charge < -0.3 is 25.4 Å². The average Bonchev–Trinajstić information content (AvgIpc) is 3.25. The number of nitrogens with one attached hydrogen (secondary N) is 1. The monoisotopic (exact) mass is 617 g/mol. The van der Waals surface area contributed by atoms with E-state index in [1.165, 1.54) is 12.1 Å². The van der Waals surface area contributed by atoms with Gasteiger partial charge in [-0.15, -0.1) is 0 Å². The Kier molecular flexibility index (Phi) is 8.21. The molecule has 2 bridgehead atoms. The summed E-state index contributed by atoms with van der Waals surface area (Å²) in [4.78, 5) is 12.5. The van der Waals surface area contributed by atoms with Crippen molar-refractivity contribution in [2.45, 2.75) is 73.1 Å². The number of amides is 1. The third-order valence-corrected chi connectivity index (χ3v) is 11.6. The summed E-state index contributed by atoms with van der Waals surface area (Å²) in [6.07, 6.45) is -0.794. The van der Waals surface area contributed by atoms with Crippen molar-refractivity contribution in [3.05, 3.63) is 58.4 Å². The molecule has 8 nitrogen and oxygen atoms in total. The minimum atomic E-state index is -4.08. The Morgan fingerprint density at radius 3 is 2.29 bits per heavy atom. The Morgan fingerprint density at radius 1 is 1.05 bits per heavy atom. The number of benzene rings is 2. The first-order chi connectivity index (χ1) is 19.2. The molecular weight excluding hydrogens is 587 g/mol. The van der Waals surface area contributed by atoms with Gasteiger partial charge in [0.15, 0.2) is 27.3 Å². The largest absolute Gasteiger partial charge is 0.390 e. The Labute approximate surface area is 240 Å². The number of halogens is 4. The fraction of sp³-hybridized carbons (Fsp3) is 0.536. The predicted molar refractivity (Wildman–Crippen MR) is 143 cm³/mol. The highest BCUT2D eigenvalue weighted by atomic mass is 35.5.